The Balaban J connectivity index is 1.67. The van der Waals surface area contributed by atoms with Crippen molar-refractivity contribution in [1.82, 2.24) is 15.1 Å². The van der Waals surface area contributed by atoms with Crippen molar-refractivity contribution in [1.29, 1.82) is 0 Å². The first-order valence-electron chi connectivity index (χ1n) is 8.73. The lowest BCUT2D eigenvalue weighted by Crippen LogP contribution is -2.28. The van der Waals surface area contributed by atoms with E-state index in [1.165, 1.54) is 5.56 Å². The Hall–Kier alpha value is -2.66. The molecular weight excluding hydrogens is 300 g/mol. The zero-order valence-electron chi connectivity index (χ0n) is 14.3. The highest BCUT2D eigenvalue weighted by Gasteiger charge is 2.15. The standard InChI is InChI=1S/C19H20N4O/c20-19(24)17-5-1-3-15-12-23(22-18(15)17)16-8-6-13(7-9-16)14-4-2-10-21-11-14/h1,3,5-9,12,14,21H,2,4,10-11H2,(H2,20,24)/t14-/m1/s1/i4D/t4?,14-. The Morgan fingerprint density at radius 1 is 1.29 bits per heavy atom. The molecule has 1 aliphatic heterocycles. The Morgan fingerprint density at radius 3 is 2.88 bits per heavy atom. The number of nitrogens with two attached hydrogens (primary N) is 1. The van der Waals surface area contributed by atoms with Crippen LogP contribution in [0.2, 0.25) is 0 Å². The van der Waals surface area contributed by atoms with E-state index in [-0.39, 0.29) is 12.3 Å². The number of primary amides is 1. The van der Waals surface area contributed by atoms with Crippen LogP contribution in [0.4, 0.5) is 0 Å². The van der Waals surface area contributed by atoms with Crippen molar-refractivity contribution in [2.45, 2.75) is 18.7 Å². The Kier molecular flexibility index (Phi) is 3.49. The fraction of sp³-hybridized carbons (Fsp3) is 0.263. The van der Waals surface area contributed by atoms with Gasteiger partial charge in [0.25, 0.3) is 5.91 Å². The summed E-state index contributed by atoms with van der Waals surface area (Å²) in [5.74, 6) is -0.251. The maximum absolute atomic E-state index is 11.6. The van der Waals surface area contributed by atoms with Gasteiger partial charge in [-0.25, -0.2) is 4.68 Å². The van der Waals surface area contributed by atoms with Gasteiger partial charge < -0.3 is 11.1 Å². The van der Waals surface area contributed by atoms with Crippen molar-refractivity contribution in [3.63, 3.8) is 0 Å². The lowest BCUT2D eigenvalue weighted by Gasteiger charge is -2.23. The van der Waals surface area contributed by atoms with Gasteiger partial charge in [0.1, 0.15) is 5.52 Å². The van der Waals surface area contributed by atoms with E-state index in [4.69, 9.17) is 7.10 Å². The van der Waals surface area contributed by atoms with Crippen LogP contribution in [0.25, 0.3) is 16.6 Å². The molecule has 0 radical (unpaired) electrons. The summed E-state index contributed by atoms with van der Waals surface area (Å²) in [6.45, 7) is 1.77. The smallest absolute Gasteiger partial charge is 0.250 e. The van der Waals surface area contributed by atoms with E-state index in [2.05, 4.69) is 22.5 Å². The normalized spacial score (nSPS) is 21.6. The number of rotatable bonds is 3. The van der Waals surface area contributed by atoms with Crippen LogP contribution in [0.3, 0.4) is 0 Å². The van der Waals surface area contributed by atoms with Gasteiger partial charge in [-0.3, -0.25) is 4.79 Å². The first-order chi connectivity index (χ1) is 12.1. The molecule has 0 saturated carbocycles. The number of amides is 1. The Bertz CT molecular complexity index is 919. The Morgan fingerprint density at radius 2 is 2.12 bits per heavy atom. The third-order valence-electron chi connectivity index (χ3n) is 4.52. The van der Waals surface area contributed by atoms with Crippen LogP contribution in [-0.2, 0) is 0 Å². The number of carbonyl (C=O) groups is 1. The number of hydrogen-bond donors (Lipinski definition) is 2. The highest BCUT2D eigenvalue weighted by atomic mass is 16.1. The van der Waals surface area contributed by atoms with Crippen LogP contribution in [-0.4, -0.2) is 28.8 Å². The minimum atomic E-state index is -0.475. The van der Waals surface area contributed by atoms with Crippen LogP contribution < -0.4 is 11.1 Å². The van der Waals surface area contributed by atoms with Gasteiger partial charge in [0.15, 0.2) is 0 Å². The number of carbonyl (C=O) groups excluding carboxylic acids is 1. The quantitative estimate of drug-likeness (QED) is 0.779. The van der Waals surface area contributed by atoms with E-state index in [0.29, 0.717) is 11.1 Å². The number of piperidine rings is 1. The lowest BCUT2D eigenvalue weighted by molar-refractivity contribution is 0.100. The second kappa shape index (κ2) is 6.09. The highest BCUT2D eigenvalue weighted by molar-refractivity contribution is 6.04. The third kappa shape index (κ3) is 2.67. The van der Waals surface area contributed by atoms with E-state index >= 15 is 0 Å². The molecule has 5 nitrogen and oxygen atoms in total. The molecule has 122 valence electrons. The molecule has 5 heteroatoms. The molecule has 1 fully saturated rings. The highest BCUT2D eigenvalue weighted by Crippen LogP contribution is 2.25. The average molecular weight is 321 g/mol. The number of nitrogens with one attached hydrogen (secondary N) is 1. The van der Waals surface area contributed by atoms with Gasteiger partial charge in [0.2, 0.25) is 0 Å². The van der Waals surface area contributed by atoms with E-state index in [0.717, 1.165) is 30.6 Å². The van der Waals surface area contributed by atoms with Crippen LogP contribution in [0.5, 0.6) is 0 Å². The fourth-order valence-electron chi connectivity index (χ4n) is 3.23. The summed E-state index contributed by atoms with van der Waals surface area (Å²) in [5, 5.41) is 8.77. The number of aromatic nitrogens is 2. The van der Waals surface area contributed by atoms with Gasteiger partial charge in [-0.15, -0.1) is 0 Å². The van der Waals surface area contributed by atoms with Crippen molar-refractivity contribution in [2.75, 3.05) is 13.1 Å². The predicted molar refractivity (Wildman–Crippen MR) is 94.4 cm³/mol. The molecule has 0 spiro atoms. The summed E-state index contributed by atoms with van der Waals surface area (Å²) in [6.07, 6.45) is 2.72. The molecule has 0 bridgehead atoms. The van der Waals surface area contributed by atoms with Gasteiger partial charge in [0.05, 0.1) is 11.3 Å². The molecule has 2 aromatic carbocycles. The number of hydrogen-bond acceptors (Lipinski definition) is 3. The van der Waals surface area contributed by atoms with Crippen LogP contribution >= 0.6 is 0 Å². The summed E-state index contributed by atoms with van der Waals surface area (Å²) in [5.41, 5.74) is 8.56. The van der Waals surface area contributed by atoms with Gasteiger partial charge in [-0.2, -0.15) is 5.10 Å². The minimum Gasteiger partial charge on any atom is -0.366 e. The molecule has 4 rings (SSSR count). The number of benzene rings is 2. The van der Waals surface area contributed by atoms with Gasteiger partial charge >= 0.3 is 0 Å². The molecule has 0 aliphatic carbocycles. The van der Waals surface area contributed by atoms with E-state index < -0.39 is 5.91 Å². The van der Waals surface area contributed by atoms with Gasteiger partial charge in [-0.1, -0.05) is 24.3 Å². The molecule has 1 aliphatic rings. The molecule has 1 aromatic heterocycles. The molecule has 1 amide bonds. The topological polar surface area (TPSA) is 72.9 Å². The van der Waals surface area contributed by atoms with Gasteiger partial charge in [-0.05, 0) is 49.0 Å². The maximum atomic E-state index is 11.6. The van der Waals surface area contributed by atoms with Crippen molar-refractivity contribution in [3.8, 4) is 5.69 Å². The van der Waals surface area contributed by atoms with E-state index in [1.54, 1.807) is 10.7 Å². The van der Waals surface area contributed by atoms with Crippen LogP contribution in [0.15, 0.2) is 48.7 Å². The summed E-state index contributed by atoms with van der Waals surface area (Å²) in [6, 6.07) is 13.6. The lowest BCUT2D eigenvalue weighted by atomic mass is 9.92. The molecule has 2 atom stereocenters. The summed E-state index contributed by atoms with van der Waals surface area (Å²) in [4.78, 5) is 11.6. The zero-order chi connectivity index (χ0) is 17.4. The zero-order valence-corrected chi connectivity index (χ0v) is 13.3. The molecule has 24 heavy (non-hydrogen) atoms. The summed E-state index contributed by atoms with van der Waals surface area (Å²) in [7, 11) is 0. The SMILES string of the molecule is [2H]C1CCNC[C@@H]1c1ccc(-n2cc3cccc(C(N)=O)c3n2)cc1. The molecule has 3 aromatic rings. The van der Waals surface area contributed by atoms with Crippen molar-refractivity contribution in [2.24, 2.45) is 5.73 Å². The Labute approximate surface area is 141 Å². The first-order valence-corrected chi connectivity index (χ1v) is 8.15. The average Bonchev–Trinajstić information content (AvgIpc) is 3.06. The largest absolute Gasteiger partial charge is 0.366 e. The second-order valence-corrected chi connectivity index (χ2v) is 6.11. The first kappa shape index (κ1) is 13.7. The van der Waals surface area contributed by atoms with Crippen molar-refractivity contribution in [3.05, 3.63) is 59.8 Å². The van der Waals surface area contributed by atoms with Crippen molar-refractivity contribution >= 4 is 16.8 Å². The number of nitrogens with zero attached hydrogens (tertiary/aromatic N) is 2. The molecule has 2 heterocycles. The van der Waals surface area contributed by atoms with Gasteiger partial charge in [0, 0.05) is 19.5 Å². The second-order valence-electron chi connectivity index (χ2n) is 6.11. The molecule has 3 N–H and O–H groups in total. The maximum Gasteiger partial charge on any atom is 0.250 e. The predicted octanol–water partition coefficient (Wildman–Crippen LogP) is 2.59. The third-order valence-corrected chi connectivity index (χ3v) is 4.52. The van der Waals surface area contributed by atoms with E-state index in [1.807, 2.05) is 30.5 Å². The van der Waals surface area contributed by atoms with Crippen LogP contribution in [0.1, 0.15) is 36.0 Å². The minimum absolute atomic E-state index is 0.0579. The summed E-state index contributed by atoms with van der Waals surface area (Å²) < 4.78 is 9.98. The van der Waals surface area contributed by atoms with Crippen LogP contribution in [0, 0.1) is 0 Å². The monoisotopic (exact) mass is 321 g/mol. The number of fused-ring (bicyclic) bond motifs is 1. The summed E-state index contributed by atoms with van der Waals surface area (Å²) >= 11 is 0. The molecule has 1 saturated heterocycles. The fourth-order valence-corrected chi connectivity index (χ4v) is 3.23. The molecule has 1 unspecified atom stereocenters. The van der Waals surface area contributed by atoms with E-state index in [9.17, 15) is 4.79 Å². The molecular formula is C19H20N4O. The van der Waals surface area contributed by atoms with Crippen molar-refractivity contribution < 1.29 is 6.17 Å².